The lowest BCUT2D eigenvalue weighted by Crippen LogP contribution is -2.50. The van der Waals surface area contributed by atoms with Crippen LogP contribution in [0.4, 0.5) is 0 Å². The molecule has 1 N–H and O–H groups in total. The fourth-order valence-corrected chi connectivity index (χ4v) is 5.57. The first-order chi connectivity index (χ1) is 21.4. The maximum atomic E-state index is 12.7. The Morgan fingerprint density at radius 1 is 0.682 bits per heavy atom. The molecular formula is C34H68N2O8. The van der Waals surface area contributed by atoms with Gasteiger partial charge in [0.25, 0.3) is 6.47 Å². The van der Waals surface area contributed by atoms with Gasteiger partial charge in [0.15, 0.2) is 6.23 Å². The van der Waals surface area contributed by atoms with E-state index in [1.54, 1.807) is 14.2 Å². The Hall–Kier alpha value is -1.30. The number of ether oxygens (including phenoxy) is 5. The fourth-order valence-electron chi connectivity index (χ4n) is 5.57. The maximum Gasteiger partial charge on any atom is 0.320 e. The van der Waals surface area contributed by atoms with E-state index in [0.29, 0.717) is 90.3 Å². The second-order valence-electron chi connectivity index (χ2n) is 11.9. The fraction of sp³-hybridized carbons (Fsp3) is 0.941. The number of carbonyl (C=O) groups is 2. The predicted molar refractivity (Wildman–Crippen MR) is 176 cm³/mol. The molecule has 0 rings (SSSR count). The third-order valence-corrected chi connectivity index (χ3v) is 8.46. The number of methoxy groups -OCH3 is 2. The third kappa shape index (κ3) is 21.4. The number of aliphatic carboxylic acids is 1. The summed E-state index contributed by atoms with van der Waals surface area (Å²) < 4.78 is 27.1. The van der Waals surface area contributed by atoms with E-state index in [9.17, 15) is 14.7 Å². The van der Waals surface area contributed by atoms with Crippen molar-refractivity contribution < 1.29 is 38.4 Å². The normalized spacial score (nSPS) is 14.5. The van der Waals surface area contributed by atoms with Crippen molar-refractivity contribution >= 4 is 12.4 Å². The highest BCUT2D eigenvalue weighted by atomic mass is 16.5. The van der Waals surface area contributed by atoms with E-state index in [4.69, 9.17) is 23.7 Å². The molecule has 0 radical (unpaired) electrons. The van der Waals surface area contributed by atoms with Crippen molar-refractivity contribution in [2.24, 2.45) is 11.8 Å². The molecule has 0 aliphatic heterocycles. The maximum absolute atomic E-state index is 12.7. The number of unbranched alkanes of at least 4 members (excludes halogenated alkanes) is 2. The van der Waals surface area contributed by atoms with Crippen LogP contribution >= 0.6 is 0 Å². The first kappa shape index (κ1) is 42.7. The number of carboxylic acid groups (broad SMARTS) is 1. The highest BCUT2D eigenvalue weighted by Gasteiger charge is 2.29. The quantitative estimate of drug-likeness (QED) is 0.0527. The summed E-state index contributed by atoms with van der Waals surface area (Å²) in [6.07, 6.45) is 11.1. The van der Waals surface area contributed by atoms with Gasteiger partial charge in [-0.25, -0.2) is 0 Å². The molecule has 4 atom stereocenters. The van der Waals surface area contributed by atoms with Crippen molar-refractivity contribution in [3.05, 3.63) is 0 Å². The van der Waals surface area contributed by atoms with Gasteiger partial charge in [0.1, 0.15) is 6.04 Å². The Bertz CT molecular complexity index is 657. The molecule has 0 aliphatic carbocycles. The first-order valence-corrected chi connectivity index (χ1v) is 17.3. The summed E-state index contributed by atoms with van der Waals surface area (Å²) in [5, 5.41) is 10.4. The van der Waals surface area contributed by atoms with Crippen LogP contribution in [-0.2, 0) is 33.3 Å². The molecule has 262 valence electrons. The second kappa shape index (κ2) is 30.4. The number of hydrogen-bond donors (Lipinski definition) is 1. The van der Waals surface area contributed by atoms with Crippen molar-refractivity contribution in [1.29, 1.82) is 0 Å². The molecule has 0 amide bonds. The summed E-state index contributed by atoms with van der Waals surface area (Å²) in [7, 11) is 3.29. The first-order valence-electron chi connectivity index (χ1n) is 17.3. The Labute approximate surface area is 269 Å². The molecule has 10 heteroatoms. The topological polar surface area (TPSA) is 107 Å². The van der Waals surface area contributed by atoms with E-state index in [2.05, 4.69) is 37.5 Å². The van der Waals surface area contributed by atoms with Gasteiger partial charge in [-0.05, 0) is 43.9 Å². The zero-order valence-corrected chi connectivity index (χ0v) is 29.1. The Balaban J connectivity index is 5.89. The summed E-state index contributed by atoms with van der Waals surface area (Å²) in [4.78, 5) is 28.8. The molecule has 0 aromatic carbocycles. The van der Waals surface area contributed by atoms with Gasteiger partial charge in [-0.2, -0.15) is 0 Å². The molecule has 0 aromatic rings. The van der Waals surface area contributed by atoms with Gasteiger partial charge in [-0.1, -0.05) is 66.2 Å². The average Bonchev–Trinajstić information content (AvgIpc) is 3.02. The minimum absolute atomic E-state index is 0.379. The molecule has 0 aromatic heterocycles. The molecule has 44 heavy (non-hydrogen) atoms. The van der Waals surface area contributed by atoms with E-state index in [1.165, 1.54) is 0 Å². The highest BCUT2D eigenvalue weighted by Crippen LogP contribution is 2.21. The largest absolute Gasteiger partial charge is 0.480 e. The summed E-state index contributed by atoms with van der Waals surface area (Å²) in [6.45, 7) is 15.4. The van der Waals surface area contributed by atoms with Crippen LogP contribution in [0.2, 0.25) is 0 Å². The van der Waals surface area contributed by atoms with E-state index < -0.39 is 12.0 Å². The van der Waals surface area contributed by atoms with E-state index in [0.717, 1.165) is 70.9 Å². The van der Waals surface area contributed by atoms with Crippen LogP contribution in [0.3, 0.4) is 0 Å². The molecule has 10 nitrogen and oxygen atoms in total. The SMILES string of the molecule is CCCCC(CC)CN(CCN(CC(CC)CCCC)C(CCCOCCOC)C(=O)O)C(CCCOCCOC)OC=O. The van der Waals surface area contributed by atoms with Gasteiger partial charge in [0.2, 0.25) is 0 Å². The lowest BCUT2D eigenvalue weighted by atomic mass is 9.97. The number of carboxylic acids is 1. The Morgan fingerprint density at radius 3 is 1.64 bits per heavy atom. The zero-order valence-electron chi connectivity index (χ0n) is 29.1. The van der Waals surface area contributed by atoms with Crippen molar-refractivity contribution in [2.75, 3.05) is 80.0 Å². The van der Waals surface area contributed by atoms with Crippen molar-refractivity contribution in [3.8, 4) is 0 Å². The lowest BCUT2D eigenvalue weighted by molar-refractivity contribution is -0.146. The van der Waals surface area contributed by atoms with Crippen molar-refractivity contribution in [2.45, 2.75) is 117 Å². The van der Waals surface area contributed by atoms with Crippen LogP contribution in [0, 0.1) is 11.8 Å². The monoisotopic (exact) mass is 632 g/mol. The standard InChI is InChI=1S/C34H68N2O8/c1-7-11-15-30(9-3)27-35(32(34(38)39)17-13-21-42-25-23-40-5)19-20-36(28-31(10-4)16-12-8-2)33(44-29-37)18-14-22-43-26-24-41-6/h29-33H,7-28H2,1-6H3,(H,38,39). The van der Waals surface area contributed by atoms with Crippen LogP contribution in [0.25, 0.3) is 0 Å². The molecule has 0 spiro atoms. The minimum Gasteiger partial charge on any atom is -0.480 e. The molecule has 0 bridgehead atoms. The highest BCUT2D eigenvalue weighted by molar-refractivity contribution is 5.73. The number of rotatable bonds is 34. The van der Waals surface area contributed by atoms with Crippen molar-refractivity contribution in [1.82, 2.24) is 9.80 Å². The summed E-state index contributed by atoms with van der Waals surface area (Å²) in [5.41, 5.74) is 0. The van der Waals surface area contributed by atoms with E-state index in [1.807, 2.05) is 0 Å². The summed E-state index contributed by atoms with van der Waals surface area (Å²) in [6, 6.07) is -0.597. The van der Waals surface area contributed by atoms with Gasteiger partial charge >= 0.3 is 5.97 Å². The van der Waals surface area contributed by atoms with Crippen LogP contribution in [0.15, 0.2) is 0 Å². The van der Waals surface area contributed by atoms with Crippen molar-refractivity contribution in [3.63, 3.8) is 0 Å². The van der Waals surface area contributed by atoms with Crippen LogP contribution in [0.1, 0.15) is 105 Å². The van der Waals surface area contributed by atoms with Gasteiger partial charge < -0.3 is 28.8 Å². The molecule has 0 saturated heterocycles. The Kier molecular flexibility index (Phi) is 29.5. The number of carbonyl (C=O) groups excluding carboxylic acids is 1. The third-order valence-electron chi connectivity index (χ3n) is 8.46. The number of nitrogens with zero attached hydrogens (tertiary/aromatic N) is 2. The molecule has 0 saturated carbocycles. The van der Waals surface area contributed by atoms with Crippen LogP contribution in [-0.4, -0.2) is 120 Å². The molecule has 0 heterocycles. The molecule has 0 fully saturated rings. The van der Waals surface area contributed by atoms with Gasteiger partial charge in [-0.15, -0.1) is 0 Å². The van der Waals surface area contributed by atoms with Gasteiger partial charge in [0.05, 0.1) is 26.4 Å². The Morgan fingerprint density at radius 2 is 1.18 bits per heavy atom. The zero-order chi connectivity index (χ0) is 32.8. The van der Waals surface area contributed by atoms with E-state index >= 15 is 0 Å². The predicted octanol–water partition coefficient (Wildman–Crippen LogP) is 5.86. The van der Waals surface area contributed by atoms with Crippen LogP contribution in [0.5, 0.6) is 0 Å². The second-order valence-corrected chi connectivity index (χ2v) is 11.9. The van der Waals surface area contributed by atoms with Gasteiger partial charge in [0, 0.05) is 60.0 Å². The minimum atomic E-state index is -0.790. The summed E-state index contributed by atoms with van der Waals surface area (Å²) >= 11 is 0. The molecule has 0 aliphatic rings. The average molecular weight is 633 g/mol. The number of hydrogen-bond acceptors (Lipinski definition) is 9. The summed E-state index contributed by atoms with van der Waals surface area (Å²) in [5.74, 6) is 0.121. The van der Waals surface area contributed by atoms with Crippen LogP contribution < -0.4 is 0 Å². The van der Waals surface area contributed by atoms with E-state index in [-0.39, 0.29) is 6.23 Å². The molecular weight excluding hydrogens is 564 g/mol. The smallest absolute Gasteiger partial charge is 0.320 e. The molecule has 4 unspecified atom stereocenters. The van der Waals surface area contributed by atoms with Gasteiger partial charge in [-0.3, -0.25) is 19.4 Å². The lowest BCUT2D eigenvalue weighted by Gasteiger charge is -2.37.